The molecule has 82 valence electrons. The van der Waals surface area contributed by atoms with Gasteiger partial charge in [0.1, 0.15) is 0 Å². The Hall–Kier alpha value is -0.940. The molecule has 0 aromatic carbocycles. The maximum Gasteiger partial charge on any atom is 0.237 e. The monoisotopic (exact) mass is 225 g/mol. The van der Waals surface area contributed by atoms with Crippen LogP contribution in [0, 0.1) is 0 Å². The lowest BCUT2D eigenvalue weighted by Gasteiger charge is -2.22. The van der Waals surface area contributed by atoms with E-state index in [1.165, 1.54) is 6.42 Å². The summed E-state index contributed by atoms with van der Waals surface area (Å²) in [6.45, 7) is 1.56. The van der Waals surface area contributed by atoms with Gasteiger partial charge in [0, 0.05) is 11.1 Å². The summed E-state index contributed by atoms with van der Waals surface area (Å²) in [6.07, 6.45) is 5.07. The highest BCUT2D eigenvalue weighted by Gasteiger charge is 2.19. The van der Waals surface area contributed by atoms with Crippen molar-refractivity contribution in [1.82, 2.24) is 15.6 Å². The van der Waals surface area contributed by atoms with Gasteiger partial charge in [-0.1, -0.05) is 6.42 Å². The van der Waals surface area contributed by atoms with E-state index in [9.17, 15) is 4.79 Å². The summed E-state index contributed by atoms with van der Waals surface area (Å²) >= 11 is 1.57. The molecule has 1 atom stereocenters. The van der Waals surface area contributed by atoms with E-state index in [1.807, 2.05) is 0 Å². The van der Waals surface area contributed by atoms with Gasteiger partial charge in [-0.25, -0.2) is 0 Å². The minimum atomic E-state index is 0.00618. The number of amides is 1. The molecular weight excluding hydrogens is 210 g/mol. The smallest absolute Gasteiger partial charge is 0.237 e. The van der Waals surface area contributed by atoms with E-state index in [4.69, 9.17) is 0 Å². The second-order valence-corrected chi connectivity index (χ2v) is 4.66. The number of carbonyl (C=O) groups excluding carboxylic acids is 1. The van der Waals surface area contributed by atoms with Gasteiger partial charge >= 0.3 is 0 Å². The molecule has 0 radical (unpaired) electrons. The summed E-state index contributed by atoms with van der Waals surface area (Å²) < 4.78 is 0. The van der Waals surface area contributed by atoms with Gasteiger partial charge in [-0.15, -0.1) is 11.3 Å². The molecule has 1 aliphatic rings. The number of piperidine rings is 1. The Kier molecular flexibility index (Phi) is 3.69. The molecule has 2 heterocycles. The van der Waals surface area contributed by atoms with E-state index in [-0.39, 0.29) is 11.9 Å². The fourth-order valence-electron chi connectivity index (χ4n) is 1.70. The minimum absolute atomic E-state index is 0.00618. The second kappa shape index (κ2) is 5.23. The molecule has 1 saturated heterocycles. The normalized spacial score (nSPS) is 21.2. The van der Waals surface area contributed by atoms with Crippen molar-refractivity contribution in [2.75, 3.05) is 6.54 Å². The van der Waals surface area contributed by atoms with E-state index in [2.05, 4.69) is 15.6 Å². The van der Waals surface area contributed by atoms with Crippen molar-refractivity contribution in [3.8, 4) is 0 Å². The minimum Gasteiger partial charge on any atom is -0.350 e. The number of hydrogen-bond donors (Lipinski definition) is 2. The lowest BCUT2D eigenvalue weighted by Crippen LogP contribution is -2.46. The van der Waals surface area contributed by atoms with Gasteiger partial charge in [-0.05, 0) is 19.4 Å². The SMILES string of the molecule is O=C(NCc1cncs1)[C@H]1CCCCN1. The van der Waals surface area contributed by atoms with Crippen molar-refractivity contribution in [3.63, 3.8) is 0 Å². The molecule has 2 N–H and O–H groups in total. The number of nitrogens with one attached hydrogen (secondary N) is 2. The summed E-state index contributed by atoms with van der Waals surface area (Å²) in [6, 6.07) is 0.00618. The molecule has 2 rings (SSSR count). The lowest BCUT2D eigenvalue weighted by atomic mass is 10.0. The highest BCUT2D eigenvalue weighted by atomic mass is 32.1. The first-order chi connectivity index (χ1) is 7.36. The van der Waals surface area contributed by atoms with Crippen LogP contribution in [-0.2, 0) is 11.3 Å². The molecule has 1 amide bonds. The number of rotatable bonds is 3. The quantitative estimate of drug-likeness (QED) is 0.803. The standard InChI is InChI=1S/C10H15N3OS/c14-10(9-3-1-2-4-12-9)13-6-8-5-11-7-15-8/h5,7,9,12H,1-4,6H2,(H,13,14)/t9-/m1/s1. The van der Waals surface area contributed by atoms with Crippen LogP contribution in [0.3, 0.4) is 0 Å². The first-order valence-electron chi connectivity index (χ1n) is 5.25. The van der Waals surface area contributed by atoms with E-state index >= 15 is 0 Å². The van der Waals surface area contributed by atoms with Crippen molar-refractivity contribution in [1.29, 1.82) is 0 Å². The summed E-state index contributed by atoms with van der Waals surface area (Å²) in [5, 5.41) is 6.15. The van der Waals surface area contributed by atoms with Crippen molar-refractivity contribution in [3.05, 3.63) is 16.6 Å². The Morgan fingerprint density at radius 3 is 3.27 bits per heavy atom. The molecule has 4 nitrogen and oxygen atoms in total. The summed E-state index contributed by atoms with van der Waals surface area (Å²) in [4.78, 5) is 16.8. The molecule has 1 aliphatic heterocycles. The van der Waals surface area contributed by atoms with E-state index < -0.39 is 0 Å². The van der Waals surface area contributed by atoms with Crippen LogP contribution in [0.1, 0.15) is 24.1 Å². The average molecular weight is 225 g/mol. The zero-order valence-electron chi connectivity index (χ0n) is 8.53. The third kappa shape index (κ3) is 3.00. The number of hydrogen-bond acceptors (Lipinski definition) is 4. The van der Waals surface area contributed by atoms with Crippen molar-refractivity contribution in [2.45, 2.75) is 31.8 Å². The molecule has 1 aromatic heterocycles. The zero-order chi connectivity index (χ0) is 10.5. The third-order valence-electron chi connectivity index (χ3n) is 2.55. The first kappa shape index (κ1) is 10.6. The Balaban J connectivity index is 1.76. The Labute approximate surface area is 93.1 Å². The molecule has 1 fully saturated rings. The molecular formula is C10H15N3OS. The topological polar surface area (TPSA) is 54.0 Å². The zero-order valence-corrected chi connectivity index (χ0v) is 9.35. The van der Waals surface area contributed by atoms with Crippen molar-refractivity contribution < 1.29 is 4.79 Å². The van der Waals surface area contributed by atoms with Gasteiger partial charge in [0.15, 0.2) is 0 Å². The molecule has 5 heteroatoms. The third-order valence-corrected chi connectivity index (χ3v) is 3.33. The van der Waals surface area contributed by atoms with Crippen LogP contribution in [0.25, 0.3) is 0 Å². The number of carbonyl (C=O) groups is 1. The first-order valence-corrected chi connectivity index (χ1v) is 6.12. The van der Waals surface area contributed by atoms with Crippen LogP contribution in [-0.4, -0.2) is 23.5 Å². The van der Waals surface area contributed by atoms with Crippen LogP contribution in [0.4, 0.5) is 0 Å². The van der Waals surface area contributed by atoms with Crippen molar-refractivity contribution >= 4 is 17.2 Å². The molecule has 0 unspecified atom stereocenters. The summed E-state index contributed by atoms with van der Waals surface area (Å²) in [5.74, 6) is 0.114. The number of aromatic nitrogens is 1. The molecule has 0 spiro atoms. The summed E-state index contributed by atoms with van der Waals surface area (Å²) in [7, 11) is 0. The molecule has 0 saturated carbocycles. The Bertz CT molecular complexity index is 306. The fourth-order valence-corrected chi connectivity index (χ4v) is 2.24. The Morgan fingerprint density at radius 1 is 1.67 bits per heavy atom. The predicted octanol–water partition coefficient (Wildman–Crippen LogP) is 0.901. The van der Waals surface area contributed by atoms with Crippen LogP contribution < -0.4 is 10.6 Å². The number of nitrogens with zero attached hydrogens (tertiary/aromatic N) is 1. The van der Waals surface area contributed by atoms with Gasteiger partial charge in [0.05, 0.1) is 18.1 Å². The molecule has 0 aliphatic carbocycles. The van der Waals surface area contributed by atoms with Gasteiger partial charge in [0.25, 0.3) is 0 Å². The van der Waals surface area contributed by atoms with Crippen molar-refractivity contribution in [2.24, 2.45) is 0 Å². The molecule has 0 bridgehead atoms. The average Bonchev–Trinajstić information content (AvgIpc) is 2.80. The highest BCUT2D eigenvalue weighted by Crippen LogP contribution is 2.08. The predicted molar refractivity (Wildman–Crippen MR) is 59.6 cm³/mol. The fraction of sp³-hybridized carbons (Fsp3) is 0.600. The summed E-state index contributed by atoms with van der Waals surface area (Å²) in [5.41, 5.74) is 1.78. The maximum absolute atomic E-state index is 11.7. The van der Waals surface area contributed by atoms with E-state index in [0.29, 0.717) is 6.54 Å². The highest BCUT2D eigenvalue weighted by molar-refractivity contribution is 7.09. The van der Waals surface area contributed by atoms with E-state index in [0.717, 1.165) is 24.3 Å². The van der Waals surface area contributed by atoms with Crippen LogP contribution >= 0.6 is 11.3 Å². The molecule has 1 aromatic rings. The van der Waals surface area contributed by atoms with Crippen LogP contribution in [0.2, 0.25) is 0 Å². The van der Waals surface area contributed by atoms with E-state index in [1.54, 1.807) is 23.0 Å². The lowest BCUT2D eigenvalue weighted by molar-refractivity contribution is -0.123. The van der Waals surface area contributed by atoms with Gasteiger partial charge < -0.3 is 10.6 Å². The van der Waals surface area contributed by atoms with Gasteiger partial charge in [-0.2, -0.15) is 0 Å². The van der Waals surface area contributed by atoms with Gasteiger partial charge in [-0.3, -0.25) is 9.78 Å². The maximum atomic E-state index is 11.7. The largest absolute Gasteiger partial charge is 0.350 e. The number of thiazole rings is 1. The second-order valence-electron chi connectivity index (χ2n) is 3.69. The van der Waals surface area contributed by atoms with Gasteiger partial charge in [0.2, 0.25) is 5.91 Å². The Morgan fingerprint density at radius 2 is 2.60 bits per heavy atom. The van der Waals surface area contributed by atoms with Crippen LogP contribution in [0.15, 0.2) is 11.7 Å². The molecule has 15 heavy (non-hydrogen) atoms. The van der Waals surface area contributed by atoms with Crippen LogP contribution in [0.5, 0.6) is 0 Å².